The van der Waals surface area contributed by atoms with Gasteiger partial charge in [-0.2, -0.15) is 0 Å². The Hall–Kier alpha value is -0.810. The largest absolute Gasteiger partial charge is 0.354 e. The molecule has 0 aliphatic carbocycles. The van der Waals surface area contributed by atoms with Gasteiger partial charge >= 0.3 is 0 Å². The van der Waals surface area contributed by atoms with Crippen molar-refractivity contribution in [3.63, 3.8) is 0 Å². The molecule has 1 atom stereocenters. The molecule has 1 aliphatic heterocycles. The molecule has 0 spiro atoms. The van der Waals surface area contributed by atoms with E-state index < -0.39 is 0 Å². The lowest BCUT2D eigenvalue weighted by Gasteiger charge is -2.23. The molecule has 3 N–H and O–H groups in total. The number of hydrogen-bond donors (Lipinski definition) is 2. The van der Waals surface area contributed by atoms with E-state index in [-0.39, 0.29) is 30.3 Å². The number of likely N-dealkylation sites (tertiary alicyclic amines) is 1. The van der Waals surface area contributed by atoms with Crippen LogP contribution in [0.5, 0.6) is 0 Å². The number of nitrogens with zero attached hydrogens (tertiary/aromatic N) is 1. The summed E-state index contributed by atoms with van der Waals surface area (Å²) >= 11 is 0. The van der Waals surface area contributed by atoms with Gasteiger partial charge < -0.3 is 16.0 Å². The smallest absolute Gasteiger partial charge is 0.242 e. The van der Waals surface area contributed by atoms with Gasteiger partial charge in [-0.15, -0.1) is 12.4 Å². The highest BCUT2D eigenvalue weighted by molar-refractivity contribution is 5.88. The number of carbonyl (C=O) groups is 2. The molecule has 0 aromatic heterocycles. The lowest BCUT2D eigenvalue weighted by molar-refractivity contribution is -0.138. The molecule has 112 valence electrons. The van der Waals surface area contributed by atoms with Gasteiger partial charge in [-0.05, 0) is 38.6 Å². The zero-order chi connectivity index (χ0) is 13.4. The summed E-state index contributed by atoms with van der Waals surface area (Å²) in [6.45, 7) is 4.01. The van der Waals surface area contributed by atoms with Crippen molar-refractivity contribution in [1.29, 1.82) is 0 Å². The molecule has 1 rings (SSSR count). The summed E-state index contributed by atoms with van der Waals surface area (Å²) in [5, 5.41) is 2.90. The summed E-state index contributed by atoms with van der Waals surface area (Å²) in [5.74, 6) is 0.103. The minimum absolute atomic E-state index is 0. The predicted octanol–water partition coefficient (Wildman–Crippen LogP) is 1.05. The van der Waals surface area contributed by atoms with Gasteiger partial charge in [-0.25, -0.2) is 0 Å². The molecule has 19 heavy (non-hydrogen) atoms. The van der Waals surface area contributed by atoms with E-state index in [2.05, 4.69) is 5.32 Å². The van der Waals surface area contributed by atoms with E-state index in [0.717, 1.165) is 38.6 Å². The van der Waals surface area contributed by atoms with Crippen molar-refractivity contribution < 1.29 is 9.59 Å². The van der Waals surface area contributed by atoms with Crippen LogP contribution in [0.1, 0.15) is 45.4 Å². The molecule has 2 amide bonds. The van der Waals surface area contributed by atoms with Gasteiger partial charge in [-0.3, -0.25) is 9.59 Å². The fraction of sp³-hybridized carbons (Fsp3) is 0.846. The first-order valence-corrected chi connectivity index (χ1v) is 6.98. The maximum Gasteiger partial charge on any atom is 0.242 e. The third-order valence-corrected chi connectivity index (χ3v) is 3.27. The van der Waals surface area contributed by atoms with Gasteiger partial charge in [0, 0.05) is 19.5 Å². The third kappa shape index (κ3) is 5.78. The van der Waals surface area contributed by atoms with Crippen LogP contribution in [0.3, 0.4) is 0 Å². The number of halogens is 1. The van der Waals surface area contributed by atoms with Crippen LogP contribution in [0.2, 0.25) is 0 Å². The van der Waals surface area contributed by atoms with Crippen molar-refractivity contribution in [2.45, 2.75) is 51.5 Å². The van der Waals surface area contributed by atoms with Crippen LogP contribution < -0.4 is 11.1 Å². The molecule has 1 fully saturated rings. The zero-order valence-corrected chi connectivity index (χ0v) is 12.5. The van der Waals surface area contributed by atoms with Gasteiger partial charge in [0.2, 0.25) is 11.8 Å². The number of amides is 2. The lowest BCUT2D eigenvalue weighted by Crippen LogP contribution is -2.46. The molecule has 5 nitrogen and oxygen atoms in total. The average Bonchev–Trinajstić information content (AvgIpc) is 2.84. The Kier molecular flexibility index (Phi) is 9.61. The molecule has 1 aliphatic rings. The van der Waals surface area contributed by atoms with Crippen molar-refractivity contribution in [1.82, 2.24) is 10.2 Å². The molecule has 0 saturated carbocycles. The second-order valence-corrected chi connectivity index (χ2v) is 4.78. The zero-order valence-electron chi connectivity index (χ0n) is 11.7. The molecule has 1 heterocycles. The van der Waals surface area contributed by atoms with E-state index in [1.54, 1.807) is 4.90 Å². The minimum atomic E-state index is -0.248. The second kappa shape index (κ2) is 10.0. The van der Waals surface area contributed by atoms with Crippen molar-refractivity contribution in [2.75, 3.05) is 19.6 Å². The van der Waals surface area contributed by atoms with E-state index in [0.29, 0.717) is 19.5 Å². The fourth-order valence-electron chi connectivity index (χ4n) is 2.29. The van der Waals surface area contributed by atoms with Crippen LogP contribution >= 0.6 is 12.4 Å². The van der Waals surface area contributed by atoms with Crippen LogP contribution in [0, 0.1) is 0 Å². The molecular weight excluding hydrogens is 266 g/mol. The number of rotatable bonds is 7. The Balaban J connectivity index is 0.00000324. The standard InChI is InChI=1S/C13H25N3O2.ClH/c1-2-6-12(17)16-10-5-7-11(16)13(18)15-9-4-3-8-14;/h11H,2-10,14H2,1H3,(H,15,18);1H. The predicted molar refractivity (Wildman–Crippen MR) is 78.2 cm³/mol. The van der Waals surface area contributed by atoms with Crippen molar-refractivity contribution in [3.8, 4) is 0 Å². The topological polar surface area (TPSA) is 75.4 Å². The quantitative estimate of drug-likeness (QED) is 0.689. The Labute approximate surface area is 121 Å². The molecule has 6 heteroatoms. The number of carbonyl (C=O) groups excluding carboxylic acids is 2. The fourth-order valence-corrected chi connectivity index (χ4v) is 2.29. The molecule has 0 bridgehead atoms. The van der Waals surface area contributed by atoms with E-state index in [1.165, 1.54) is 0 Å². The maximum absolute atomic E-state index is 12.0. The van der Waals surface area contributed by atoms with Crippen LogP contribution in [-0.2, 0) is 9.59 Å². The van der Waals surface area contributed by atoms with Crippen LogP contribution in [0.15, 0.2) is 0 Å². The third-order valence-electron chi connectivity index (χ3n) is 3.27. The number of hydrogen-bond acceptors (Lipinski definition) is 3. The SMILES string of the molecule is CCCC(=O)N1CCCC1C(=O)NCCCCN.Cl. The number of unbranched alkanes of at least 4 members (excludes halogenated alkanes) is 1. The van der Waals surface area contributed by atoms with Crippen LogP contribution in [0.4, 0.5) is 0 Å². The summed E-state index contributed by atoms with van der Waals surface area (Å²) in [7, 11) is 0. The molecule has 0 radical (unpaired) electrons. The van der Waals surface area contributed by atoms with Crippen LogP contribution in [0.25, 0.3) is 0 Å². The minimum Gasteiger partial charge on any atom is -0.354 e. The molecule has 1 unspecified atom stereocenters. The summed E-state index contributed by atoms with van der Waals surface area (Å²) < 4.78 is 0. The van der Waals surface area contributed by atoms with E-state index in [9.17, 15) is 9.59 Å². The first kappa shape index (κ1) is 18.2. The Morgan fingerprint density at radius 3 is 2.74 bits per heavy atom. The highest BCUT2D eigenvalue weighted by Gasteiger charge is 2.33. The van der Waals surface area contributed by atoms with Gasteiger partial charge in [0.05, 0.1) is 0 Å². The monoisotopic (exact) mass is 291 g/mol. The van der Waals surface area contributed by atoms with E-state index >= 15 is 0 Å². The molecule has 0 aromatic rings. The second-order valence-electron chi connectivity index (χ2n) is 4.78. The molecular formula is C13H26ClN3O2. The molecule has 0 aromatic carbocycles. The van der Waals surface area contributed by atoms with Crippen molar-refractivity contribution in [2.24, 2.45) is 5.73 Å². The average molecular weight is 292 g/mol. The summed E-state index contributed by atoms with van der Waals surface area (Å²) in [4.78, 5) is 25.6. The van der Waals surface area contributed by atoms with Crippen LogP contribution in [-0.4, -0.2) is 42.4 Å². The van der Waals surface area contributed by atoms with Gasteiger partial charge in [0.1, 0.15) is 6.04 Å². The number of nitrogens with two attached hydrogens (primary N) is 1. The first-order chi connectivity index (χ1) is 8.70. The van der Waals surface area contributed by atoms with Gasteiger partial charge in [0.15, 0.2) is 0 Å². The van der Waals surface area contributed by atoms with Crippen molar-refractivity contribution >= 4 is 24.2 Å². The maximum atomic E-state index is 12.0. The Morgan fingerprint density at radius 2 is 2.11 bits per heavy atom. The van der Waals surface area contributed by atoms with Crippen molar-refractivity contribution in [3.05, 3.63) is 0 Å². The van der Waals surface area contributed by atoms with E-state index in [1.807, 2.05) is 6.92 Å². The number of nitrogens with one attached hydrogen (secondary N) is 1. The van der Waals surface area contributed by atoms with Gasteiger partial charge in [-0.1, -0.05) is 6.92 Å². The summed E-state index contributed by atoms with van der Waals surface area (Å²) in [6.07, 6.45) is 4.91. The summed E-state index contributed by atoms with van der Waals surface area (Å²) in [5.41, 5.74) is 5.40. The lowest BCUT2D eigenvalue weighted by atomic mass is 10.2. The normalized spacial score (nSPS) is 18.0. The van der Waals surface area contributed by atoms with Gasteiger partial charge in [0.25, 0.3) is 0 Å². The Bertz CT molecular complexity index is 287. The molecule has 1 saturated heterocycles. The van der Waals surface area contributed by atoms with E-state index in [4.69, 9.17) is 5.73 Å². The summed E-state index contributed by atoms with van der Waals surface area (Å²) in [6, 6.07) is -0.248. The first-order valence-electron chi connectivity index (χ1n) is 6.98. The Morgan fingerprint density at radius 1 is 1.37 bits per heavy atom. The highest BCUT2D eigenvalue weighted by atomic mass is 35.5. The highest BCUT2D eigenvalue weighted by Crippen LogP contribution is 2.18.